The summed E-state index contributed by atoms with van der Waals surface area (Å²) in [5.41, 5.74) is 0.881. The van der Waals surface area contributed by atoms with E-state index in [1.54, 1.807) is 12.1 Å². The summed E-state index contributed by atoms with van der Waals surface area (Å²) < 4.78 is 0. The molecule has 0 aliphatic rings. The molecule has 1 rings (SSSR count). The summed E-state index contributed by atoms with van der Waals surface area (Å²) in [6.45, 7) is 5.04. The number of phenolic OH excluding ortho intramolecular Hbond substituents is 1. The predicted octanol–water partition coefficient (Wildman–Crippen LogP) is 2.32. The molecular weight excluding hydrogens is 226 g/mol. The van der Waals surface area contributed by atoms with Gasteiger partial charge in [-0.25, -0.2) is 0 Å². The summed E-state index contributed by atoms with van der Waals surface area (Å²) in [5, 5.41) is 22.1. The SMILES string of the molecule is CC(C)CNC(CO)c1ccc(O)c(Cl)c1. The number of benzene rings is 1. The molecule has 90 valence electrons. The Hall–Kier alpha value is -0.770. The Bertz CT molecular complexity index is 342. The van der Waals surface area contributed by atoms with Crippen LogP contribution >= 0.6 is 11.6 Å². The lowest BCUT2D eigenvalue weighted by molar-refractivity contribution is 0.241. The van der Waals surface area contributed by atoms with Gasteiger partial charge in [-0.1, -0.05) is 31.5 Å². The number of aliphatic hydroxyl groups is 1. The number of halogens is 1. The Morgan fingerprint density at radius 1 is 1.38 bits per heavy atom. The Labute approximate surface area is 101 Å². The van der Waals surface area contributed by atoms with Gasteiger partial charge < -0.3 is 15.5 Å². The van der Waals surface area contributed by atoms with Crippen molar-refractivity contribution in [2.24, 2.45) is 5.92 Å². The van der Waals surface area contributed by atoms with E-state index in [4.69, 9.17) is 11.6 Å². The first-order valence-corrected chi connectivity index (χ1v) is 5.75. The van der Waals surface area contributed by atoms with Gasteiger partial charge in [0.2, 0.25) is 0 Å². The summed E-state index contributed by atoms with van der Waals surface area (Å²) in [6, 6.07) is 4.83. The van der Waals surface area contributed by atoms with E-state index in [1.807, 2.05) is 0 Å². The molecule has 3 N–H and O–H groups in total. The van der Waals surface area contributed by atoms with Crippen LogP contribution in [0.1, 0.15) is 25.5 Å². The second kappa shape index (κ2) is 6.09. The minimum absolute atomic E-state index is 0.00776. The topological polar surface area (TPSA) is 52.5 Å². The number of hydrogen-bond acceptors (Lipinski definition) is 3. The summed E-state index contributed by atoms with van der Waals surface area (Å²) in [6.07, 6.45) is 0. The quantitative estimate of drug-likeness (QED) is 0.744. The molecule has 0 heterocycles. The van der Waals surface area contributed by atoms with E-state index < -0.39 is 0 Å². The zero-order valence-corrected chi connectivity index (χ0v) is 10.3. The lowest BCUT2D eigenvalue weighted by Gasteiger charge is -2.18. The van der Waals surface area contributed by atoms with Crippen molar-refractivity contribution >= 4 is 11.6 Å². The Morgan fingerprint density at radius 3 is 2.56 bits per heavy atom. The molecule has 4 heteroatoms. The van der Waals surface area contributed by atoms with Crippen LogP contribution < -0.4 is 5.32 Å². The molecule has 0 amide bonds. The van der Waals surface area contributed by atoms with E-state index in [9.17, 15) is 10.2 Å². The van der Waals surface area contributed by atoms with Gasteiger partial charge in [0, 0.05) is 0 Å². The molecule has 0 aliphatic heterocycles. The van der Waals surface area contributed by atoms with Gasteiger partial charge in [-0.2, -0.15) is 0 Å². The number of phenols is 1. The zero-order chi connectivity index (χ0) is 12.1. The molecule has 1 aromatic rings. The van der Waals surface area contributed by atoms with Crippen LogP contribution in [0.25, 0.3) is 0 Å². The van der Waals surface area contributed by atoms with Crippen LogP contribution in [0.3, 0.4) is 0 Å². The van der Waals surface area contributed by atoms with Gasteiger partial charge >= 0.3 is 0 Å². The molecule has 0 bridgehead atoms. The largest absolute Gasteiger partial charge is 0.506 e. The highest BCUT2D eigenvalue weighted by Crippen LogP contribution is 2.26. The third-order valence-electron chi connectivity index (χ3n) is 2.33. The van der Waals surface area contributed by atoms with E-state index >= 15 is 0 Å². The first kappa shape index (κ1) is 13.3. The van der Waals surface area contributed by atoms with E-state index in [2.05, 4.69) is 19.2 Å². The molecule has 0 radical (unpaired) electrons. The third-order valence-corrected chi connectivity index (χ3v) is 2.63. The molecule has 1 unspecified atom stereocenters. The maximum atomic E-state index is 9.30. The second-order valence-corrected chi connectivity index (χ2v) is 4.66. The molecule has 0 saturated carbocycles. The number of aliphatic hydroxyl groups excluding tert-OH is 1. The first-order valence-electron chi connectivity index (χ1n) is 5.37. The molecule has 1 aromatic carbocycles. The van der Waals surface area contributed by atoms with Crippen molar-refractivity contribution in [3.05, 3.63) is 28.8 Å². The van der Waals surface area contributed by atoms with Crippen molar-refractivity contribution in [2.75, 3.05) is 13.2 Å². The van der Waals surface area contributed by atoms with Crippen molar-refractivity contribution in [3.63, 3.8) is 0 Å². The summed E-state index contributed by atoms with van der Waals surface area (Å²) in [4.78, 5) is 0. The minimum atomic E-state index is -0.138. The van der Waals surface area contributed by atoms with Crippen LogP contribution in [0.4, 0.5) is 0 Å². The molecule has 1 atom stereocenters. The van der Waals surface area contributed by atoms with Crippen molar-refractivity contribution in [1.29, 1.82) is 0 Å². The lowest BCUT2D eigenvalue weighted by Crippen LogP contribution is -2.27. The normalized spacial score (nSPS) is 13.1. The number of aromatic hydroxyl groups is 1. The number of nitrogens with one attached hydrogen (secondary N) is 1. The molecule has 0 aromatic heterocycles. The van der Waals surface area contributed by atoms with Gasteiger partial charge in [-0.3, -0.25) is 0 Å². The van der Waals surface area contributed by atoms with Gasteiger partial charge in [0.1, 0.15) is 5.75 Å². The molecule has 0 spiro atoms. The fourth-order valence-corrected chi connectivity index (χ4v) is 1.59. The Kier molecular flexibility index (Phi) is 5.06. The highest BCUT2D eigenvalue weighted by Gasteiger charge is 2.11. The molecule has 16 heavy (non-hydrogen) atoms. The Balaban J connectivity index is 2.74. The standard InChI is InChI=1S/C12H18ClNO2/c1-8(2)6-14-11(7-15)9-3-4-12(16)10(13)5-9/h3-5,8,11,14-16H,6-7H2,1-2H3. The fraction of sp³-hybridized carbons (Fsp3) is 0.500. The highest BCUT2D eigenvalue weighted by molar-refractivity contribution is 6.32. The monoisotopic (exact) mass is 243 g/mol. The zero-order valence-electron chi connectivity index (χ0n) is 9.57. The van der Waals surface area contributed by atoms with Gasteiger partial charge in [0.05, 0.1) is 17.7 Å². The van der Waals surface area contributed by atoms with Crippen molar-refractivity contribution < 1.29 is 10.2 Å². The van der Waals surface area contributed by atoms with Crippen LogP contribution in [-0.4, -0.2) is 23.4 Å². The van der Waals surface area contributed by atoms with Crippen LogP contribution in [0.2, 0.25) is 5.02 Å². The summed E-state index contributed by atoms with van der Waals surface area (Å²) in [7, 11) is 0. The summed E-state index contributed by atoms with van der Waals surface area (Å²) in [5.74, 6) is 0.576. The predicted molar refractivity (Wildman–Crippen MR) is 65.8 cm³/mol. The van der Waals surface area contributed by atoms with E-state index in [1.165, 1.54) is 6.07 Å². The van der Waals surface area contributed by atoms with Crippen LogP contribution in [0.15, 0.2) is 18.2 Å². The highest BCUT2D eigenvalue weighted by atomic mass is 35.5. The molecule has 0 fully saturated rings. The van der Waals surface area contributed by atoms with E-state index in [0.717, 1.165) is 12.1 Å². The minimum Gasteiger partial charge on any atom is -0.506 e. The van der Waals surface area contributed by atoms with Gasteiger partial charge in [-0.15, -0.1) is 0 Å². The average Bonchev–Trinajstić information content (AvgIpc) is 2.23. The van der Waals surface area contributed by atoms with E-state index in [0.29, 0.717) is 10.9 Å². The maximum Gasteiger partial charge on any atom is 0.134 e. The third kappa shape index (κ3) is 3.67. The van der Waals surface area contributed by atoms with Gasteiger partial charge in [0.25, 0.3) is 0 Å². The first-order chi connectivity index (χ1) is 7.54. The smallest absolute Gasteiger partial charge is 0.134 e. The van der Waals surface area contributed by atoms with Crippen LogP contribution in [0.5, 0.6) is 5.75 Å². The molecule has 0 aliphatic carbocycles. The number of rotatable bonds is 5. The number of hydrogen-bond donors (Lipinski definition) is 3. The molecule has 3 nitrogen and oxygen atoms in total. The summed E-state index contributed by atoms with van der Waals surface area (Å²) >= 11 is 5.82. The van der Waals surface area contributed by atoms with E-state index in [-0.39, 0.29) is 18.4 Å². The van der Waals surface area contributed by atoms with Crippen molar-refractivity contribution in [1.82, 2.24) is 5.32 Å². The van der Waals surface area contributed by atoms with Crippen LogP contribution in [-0.2, 0) is 0 Å². The lowest BCUT2D eigenvalue weighted by atomic mass is 10.1. The van der Waals surface area contributed by atoms with Crippen molar-refractivity contribution in [3.8, 4) is 5.75 Å². The fourth-order valence-electron chi connectivity index (χ4n) is 1.41. The van der Waals surface area contributed by atoms with Gasteiger partial charge in [-0.05, 0) is 30.2 Å². The maximum absolute atomic E-state index is 9.30. The Morgan fingerprint density at radius 2 is 2.06 bits per heavy atom. The molecular formula is C12H18ClNO2. The molecule has 0 saturated heterocycles. The van der Waals surface area contributed by atoms with Crippen molar-refractivity contribution in [2.45, 2.75) is 19.9 Å². The van der Waals surface area contributed by atoms with Crippen LogP contribution in [0, 0.1) is 5.92 Å². The second-order valence-electron chi connectivity index (χ2n) is 4.25. The average molecular weight is 244 g/mol. The van der Waals surface area contributed by atoms with Gasteiger partial charge in [0.15, 0.2) is 0 Å².